The van der Waals surface area contributed by atoms with Gasteiger partial charge in [0.25, 0.3) is 0 Å². The molecule has 0 bridgehead atoms. The molecule has 2 aliphatic heterocycles. The highest BCUT2D eigenvalue weighted by Crippen LogP contribution is 2.28. The van der Waals surface area contributed by atoms with Crippen LogP contribution in [0.15, 0.2) is 22.5 Å². The van der Waals surface area contributed by atoms with Crippen molar-refractivity contribution in [3.63, 3.8) is 0 Å². The predicted octanol–water partition coefficient (Wildman–Crippen LogP) is 1.39. The van der Waals surface area contributed by atoms with Gasteiger partial charge < -0.3 is 20.0 Å². The average Bonchev–Trinajstić information content (AvgIpc) is 3.25. The standard InChI is InChI=1S/C21H34N6OS/c1-22-21(27-15-13-25(14-16-27)19-6-3-17-29-19)23-7-8-24-9-11-26(12-10-24)20(28)18-4-2-5-18/h3,6,17-18H,2,4-5,7-16H2,1H3,(H,22,23). The number of nitrogens with zero attached hydrogens (tertiary/aromatic N) is 5. The van der Waals surface area contributed by atoms with Gasteiger partial charge in [0.05, 0.1) is 5.00 Å². The zero-order chi connectivity index (χ0) is 20.1. The maximum absolute atomic E-state index is 12.4. The number of aliphatic imine (C=N–C) groups is 1. The minimum atomic E-state index is 0.326. The number of amides is 1. The summed E-state index contributed by atoms with van der Waals surface area (Å²) in [6.07, 6.45) is 3.43. The van der Waals surface area contributed by atoms with Crippen molar-refractivity contribution in [1.29, 1.82) is 0 Å². The first kappa shape index (κ1) is 20.5. The molecule has 160 valence electrons. The molecule has 2 saturated heterocycles. The summed E-state index contributed by atoms with van der Waals surface area (Å²) in [5.74, 6) is 1.73. The van der Waals surface area contributed by atoms with E-state index in [-0.39, 0.29) is 0 Å². The fraction of sp³-hybridized carbons (Fsp3) is 0.714. The van der Waals surface area contributed by atoms with Crippen molar-refractivity contribution in [2.45, 2.75) is 19.3 Å². The third-order valence-electron chi connectivity index (χ3n) is 6.46. The summed E-state index contributed by atoms with van der Waals surface area (Å²) in [7, 11) is 1.87. The van der Waals surface area contributed by atoms with Gasteiger partial charge in [-0.1, -0.05) is 6.42 Å². The summed E-state index contributed by atoms with van der Waals surface area (Å²) in [4.78, 5) is 26.2. The first-order valence-electron chi connectivity index (χ1n) is 11.0. The fourth-order valence-corrected chi connectivity index (χ4v) is 5.14. The van der Waals surface area contributed by atoms with E-state index >= 15 is 0 Å². The normalized spacial score (nSPS) is 22.0. The van der Waals surface area contributed by atoms with Crippen LogP contribution < -0.4 is 10.2 Å². The van der Waals surface area contributed by atoms with Crippen LogP contribution in [0.4, 0.5) is 5.00 Å². The van der Waals surface area contributed by atoms with E-state index in [0.717, 1.165) is 84.2 Å². The van der Waals surface area contributed by atoms with Crippen LogP contribution >= 0.6 is 11.3 Å². The molecule has 1 saturated carbocycles. The van der Waals surface area contributed by atoms with E-state index < -0.39 is 0 Å². The minimum absolute atomic E-state index is 0.326. The monoisotopic (exact) mass is 418 g/mol. The molecule has 1 aliphatic carbocycles. The Balaban J connectivity index is 1.14. The largest absolute Gasteiger partial charge is 0.360 e. The summed E-state index contributed by atoms with van der Waals surface area (Å²) in [5.41, 5.74) is 0. The summed E-state index contributed by atoms with van der Waals surface area (Å²) in [6, 6.07) is 4.32. The van der Waals surface area contributed by atoms with Crippen LogP contribution in [-0.4, -0.2) is 99.1 Å². The van der Waals surface area contributed by atoms with Crippen molar-refractivity contribution in [3.05, 3.63) is 17.5 Å². The average molecular weight is 419 g/mol. The third-order valence-corrected chi connectivity index (χ3v) is 7.39. The second-order valence-electron chi connectivity index (χ2n) is 8.19. The smallest absolute Gasteiger partial charge is 0.225 e. The minimum Gasteiger partial charge on any atom is -0.360 e. The fourth-order valence-electron chi connectivity index (χ4n) is 4.35. The zero-order valence-electron chi connectivity index (χ0n) is 17.6. The molecule has 3 fully saturated rings. The molecule has 1 aromatic rings. The van der Waals surface area contributed by atoms with Crippen molar-refractivity contribution < 1.29 is 4.79 Å². The second kappa shape index (κ2) is 9.80. The molecule has 3 heterocycles. The van der Waals surface area contributed by atoms with Crippen LogP contribution in [0, 0.1) is 5.92 Å². The summed E-state index contributed by atoms with van der Waals surface area (Å²) in [6.45, 7) is 9.71. The van der Waals surface area contributed by atoms with Gasteiger partial charge in [-0.3, -0.25) is 14.7 Å². The Labute approximate surface area is 178 Å². The molecular formula is C21H34N6OS. The van der Waals surface area contributed by atoms with Crippen molar-refractivity contribution in [2.75, 3.05) is 77.4 Å². The number of piperazine rings is 2. The van der Waals surface area contributed by atoms with Crippen LogP contribution in [0.25, 0.3) is 0 Å². The van der Waals surface area contributed by atoms with Crippen molar-refractivity contribution in [3.8, 4) is 0 Å². The molecule has 1 aromatic heterocycles. The lowest BCUT2D eigenvalue weighted by molar-refractivity contribution is -0.139. The molecule has 0 atom stereocenters. The van der Waals surface area contributed by atoms with E-state index in [4.69, 9.17) is 0 Å². The molecule has 0 aromatic carbocycles. The second-order valence-corrected chi connectivity index (χ2v) is 9.12. The van der Waals surface area contributed by atoms with Crippen molar-refractivity contribution in [2.24, 2.45) is 10.9 Å². The van der Waals surface area contributed by atoms with Crippen LogP contribution in [0.2, 0.25) is 0 Å². The van der Waals surface area contributed by atoms with E-state index in [0.29, 0.717) is 11.8 Å². The molecule has 29 heavy (non-hydrogen) atoms. The Morgan fingerprint density at radius 1 is 1.10 bits per heavy atom. The lowest BCUT2D eigenvalue weighted by atomic mass is 9.84. The molecular weight excluding hydrogens is 384 g/mol. The summed E-state index contributed by atoms with van der Waals surface area (Å²) < 4.78 is 0. The van der Waals surface area contributed by atoms with Gasteiger partial charge in [0, 0.05) is 78.4 Å². The van der Waals surface area contributed by atoms with Gasteiger partial charge in [0.1, 0.15) is 0 Å². The van der Waals surface area contributed by atoms with Crippen LogP contribution in [0.5, 0.6) is 0 Å². The molecule has 7 nitrogen and oxygen atoms in total. The predicted molar refractivity (Wildman–Crippen MR) is 120 cm³/mol. The SMILES string of the molecule is CN=C(NCCN1CCN(C(=O)C2CCC2)CC1)N1CCN(c2cccs2)CC1. The lowest BCUT2D eigenvalue weighted by Crippen LogP contribution is -2.54. The van der Waals surface area contributed by atoms with Crippen molar-refractivity contribution >= 4 is 28.2 Å². The molecule has 0 radical (unpaired) electrons. The highest BCUT2D eigenvalue weighted by Gasteiger charge is 2.31. The highest BCUT2D eigenvalue weighted by molar-refractivity contribution is 7.14. The number of thiophene rings is 1. The molecule has 4 rings (SSSR count). The molecule has 1 amide bonds. The number of guanidine groups is 1. The zero-order valence-corrected chi connectivity index (χ0v) is 18.4. The topological polar surface area (TPSA) is 54.4 Å². The van der Waals surface area contributed by atoms with Crippen LogP contribution in [0.3, 0.4) is 0 Å². The highest BCUT2D eigenvalue weighted by atomic mass is 32.1. The Morgan fingerprint density at radius 3 is 2.41 bits per heavy atom. The number of carbonyl (C=O) groups excluding carboxylic acids is 1. The molecule has 0 unspecified atom stereocenters. The van der Waals surface area contributed by atoms with E-state index in [2.05, 4.69) is 47.4 Å². The maximum Gasteiger partial charge on any atom is 0.225 e. The maximum atomic E-state index is 12.4. The first-order chi connectivity index (χ1) is 14.2. The van der Waals surface area contributed by atoms with Gasteiger partial charge in [0.15, 0.2) is 5.96 Å². The first-order valence-corrected chi connectivity index (χ1v) is 11.9. The molecule has 8 heteroatoms. The van der Waals surface area contributed by atoms with E-state index in [1.165, 1.54) is 11.4 Å². The Kier molecular flexibility index (Phi) is 6.92. The number of nitrogens with one attached hydrogen (secondary N) is 1. The molecule has 0 spiro atoms. The molecule has 1 N–H and O–H groups in total. The Morgan fingerprint density at radius 2 is 1.83 bits per heavy atom. The number of carbonyl (C=O) groups is 1. The number of hydrogen-bond acceptors (Lipinski definition) is 5. The van der Waals surface area contributed by atoms with Gasteiger partial charge in [-0.25, -0.2) is 0 Å². The van der Waals surface area contributed by atoms with Gasteiger partial charge in [-0.15, -0.1) is 11.3 Å². The number of rotatable bonds is 5. The van der Waals surface area contributed by atoms with E-state index in [1.807, 2.05) is 18.4 Å². The van der Waals surface area contributed by atoms with E-state index in [9.17, 15) is 4.79 Å². The quantitative estimate of drug-likeness (QED) is 0.579. The van der Waals surface area contributed by atoms with Crippen LogP contribution in [0.1, 0.15) is 19.3 Å². The van der Waals surface area contributed by atoms with E-state index in [1.54, 1.807) is 0 Å². The van der Waals surface area contributed by atoms with Crippen molar-refractivity contribution in [1.82, 2.24) is 20.0 Å². The third kappa shape index (κ3) is 5.04. The molecule has 3 aliphatic rings. The lowest BCUT2D eigenvalue weighted by Gasteiger charge is -2.39. The van der Waals surface area contributed by atoms with Gasteiger partial charge in [0.2, 0.25) is 5.91 Å². The Bertz CT molecular complexity index is 673. The summed E-state index contributed by atoms with van der Waals surface area (Å²) >= 11 is 1.81. The van der Waals surface area contributed by atoms with Crippen LogP contribution in [-0.2, 0) is 4.79 Å². The van der Waals surface area contributed by atoms with Gasteiger partial charge >= 0.3 is 0 Å². The number of hydrogen-bond donors (Lipinski definition) is 1. The van der Waals surface area contributed by atoms with Gasteiger partial charge in [-0.2, -0.15) is 0 Å². The Hall–Kier alpha value is -1.80. The van der Waals surface area contributed by atoms with Gasteiger partial charge in [-0.05, 0) is 30.4 Å². The number of anilines is 1. The summed E-state index contributed by atoms with van der Waals surface area (Å²) in [5, 5.41) is 7.05.